The van der Waals surface area contributed by atoms with E-state index >= 15 is 0 Å². The molecule has 0 radical (unpaired) electrons. The molecule has 0 bridgehead atoms. The maximum atomic E-state index is 14.3. The number of urea groups is 1. The maximum Gasteiger partial charge on any atom is 0.326 e. The van der Waals surface area contributed by atoms with Gasteiger partial charge >= 0.3 is 41.8 Å². The largest absolute Gasteiger partial charge is 0.497 e. The van der Waals surface area contributed by atoms with Crippen LogP contribution in [0, 0.1) is 11.8 Å². The number of nitrogens with one attached hydrogen (secondary N) is 10. The van der Waals surface area contributed by atoms with Crippen LogP contribution in [0.15, 0.2) is 78.9 Å². The number of hydrogen-bond acceptors (Lipinski definition) is 20. The van der Waals surface area contributed by atoms with E-state index < -0.39 is 133 Å². The van der Waals surface area contributed by atoms with Crippen molar-refractivity contribution in [1.29, 1.82) is 0 Å². The Hall–Kier alpha value is -11.1. The Morgan fingerprint density at radius 2 is 0.894 bits per heavy atom. The molecule has 113 heavy (non-hydrogen) atoms. The van der Waals surface area contributed by atoms with Crippen LogP contribution < -0.4 is 57.9 Å². The Balaban J connectivity index is 0.979. The van der Waals surface area contributed by atoms with Gasteiger partial charge in [-0.25, -0.2) is 14.4 Å². The number of aryl methyl sites for hydroxylation is 1. The molecular formula is C77H108N14O22. The van der Waals surface area contributed by atoms with Gasteiger partial charge in [-0.05, 0) is 147 Å². The molecule has 0 spiro atoms. The van der Waals surface area contributed by atoms with Gasteiger partial charge in [0.2, 0.25) is 47.3 Å². The van der Waals surface area contributed by atoms with Crippen molar-refractivity contribution in [3.63, 3.8) is 0 Å². The molecule has 6 rings (SSSR count). The summed E-state index contributed by atoms with van der Waals surface area (Å²) >= 11 is 0. The Morgan fingerprint density at radius 3 is 1.42 bits per heavy atom. The fourth-order valence-electron chi connectivity index (χ4n) is 13.4. The Bertz CT molecular complexity index is 3810. The van der Waals surface area contributed by atoms with E-state index in [4.69, 9.17) is 9.84 Å². The van der Waals surface area contributed by atoms with Crippen LogP contribution >= 0.6 is 0 Å². The molecule has 10 amide bonds. The fraction of sp³-hybridized carbons (Fsp3) is 0.545. The van der Waals surface area contributed by atoms with Crippen LogP contribution in [-0.4, -0.2) is 288 Å². The lowest BCUT2D eigenvalue weighted by Gasteiger charge is -2.32. The molecular weight excluding hydrogens is 1470 g/mol. The predicted octanol–water partition coefficient (Wildman–Crippen LogP) is 0.317. The van der Waals surface area contributed by atoms with Crippen molar-refractivity contribution in [3.05, 3.63) is 90.0 Å². The predicted molar refractivity (Wildman–Crippen MR) is 411 cm³/mol. The topological polar surface area (TPSA) is 520 Å². The number of carbonyl (C=O) groups is 15. The number of amides is 10. The smallest absolute Gasteiger partial charge is 0.326 e. The molecule has 4 aromatic carbocycles. The summed E-state index contributed by atoms with van der Waals surface area (Å²) in [5, 5.41) is 86.8. The number of methoxy groups -OCH3 is 1. The Labute approximate surface area is 653 Å². The lowest BCUT2D eigenvalue weighted by molar-refractivity contribution is -0.141. The van der Waals surface area contributed by atoms with Crippen molar-refractivity contribution in [3.8, 4) is 5.75 Å². The molecule has 1 saturated carbocycles. The Morgan fingerprint density at radius 1 is 0.425 bits per heavy atom. The third kappa shape index (κ3) is 34.6. The second kappa shape index (κ2) is 48.6. The molecule has 16 N–H and O–H groups in total. The SMILES string of the molecule is COc1ccc(CCCC(=O)NCC(=O)N[C@@H](CCCCNC(=O)CN2CCN(CC(=O)O)CCN(CC(=O)O)CCN(CC(=O)O)CC2)C(=O)NCC(=O)NCC(=O)NCC2CCC(C(=O)N[C@@H](Cc3c4ccccc4cc4ccccc34)C(=O)NCCCC[C@H](NC(=O)N[C@@H](CCCC(=O)O)C(=O)O)C(=O)O)CC2)cc1. The van der Waals surface area contributed by atoms with Gasteiger partial charge in [-0.1, -0.05) is 60.7 Å². The van der Waals surface area contributed by atoms with Gasteiger partial charge in [-0.3, -0.25) is 77.1 Å². The van der Waals surface area contributed by atoms with E-state index in [9.17, 15) is 97.5 Å². The number of unbranched alkanes of at least 4 members (excludes halogenated alkanes) is 2. The van der Waals surface area contributed by atoms with E-state index in [1.54, 1.807) is 26.7 Å². The minimum absolute atomic E-state index is 0.0225. The Kier molecular flexibility index (Phi) is 39.1. The lowest BCUT2D eigenvalue weighted by Crippen LogP contribution is -2.51. The van der Waals surface area contributed by atoms with E-state index in [1.807, 2.05) is 78.9 Å². The first-order valence-electron chi connectivity index (χ1n) is 38.1. The molecule has 4 atom stereocenters. The average Bonchev–Trinajstić information content (AvgIpc) is 0.772. The zero-order valence-corrected chi connectivity index (χ0v) is 63.7. The molecule has 0 unspecified atom stereocenters. The number of ether oxygens (including phenoxy) is 1. The van der Waals surface area contributed by atoms with Crippen LogP contribution in [0.4, 0.5) is 4.79 Å². The molecule has 36 nitrogen and oxygen atoms in total. The minimum atomic E-state index is -1.46. The van der Waals surface area contributed by atoms with E-state index in [2.05, 4.69) is 53.2 Å². The highest BCUT2D eigenvalue weighted by Crippen LogP contribution is 2.32. The standard InChI is InChI=1S/C77H108N14O22/c1-113-55-28-24-50(25-29-55)12-10-20-63(92)81-45-66(95)84-59(17-6-8-30-78-67(96)46-88-32-34-89(47-69(99)100)36-38-91(49-71(103)104)39-37-90(35-33-88)48-70(101)102)73(106)83-44-65(94)82-43-64(93)80-42-51-22-26-52(27-23-51)72(105)85-62(41-58-56-15-4-2-13-53(56)40-54-14-3-5-16-57(54)58)74(107)79-31-9-7-18-60(75(108)109)86-77(112)87-61(76(110)111)19-11-21-68(97)98/h2-5,13-16,24-25,28-29,40,51-52,59-62H,6-12,17-23,26-27,30-39,41-49H2,1H3,(H,78,96)(H,79,107)(H,80,93)(H,81,92)(H,82,94)(H,83,106)(H,84,95)(H,85,105)(H,97,98)(H,99,100)(H,101,102)(H,103,104)(H,108,109)(H,110,111)(H2,86,87,112)/t51?,52?,59-,60-,61-,62-/m0/s1. The molecule has 1 aliphatic carbocycles. The molecule has 2 fully saturated rings. The summed E-state index contributed by atoms with van der Waals surface area (Å²) < 4.78 is 5.20. The number of hydrogen-bond donors (Lipinski definition) is 16. The zero-order valence-electron chi connectivity index (χ0n) is 63.7. The average molecular weight is 1580 g/mol. The number of carboxylic acid groups (broad SMARTS) is 6. The van der Waals surface area contributed by atoms with Crippen LogP contribution in [0.25, 0.3) is 21.5 Å². The van der Waals surface area contributed by atoms with Crippen molar-refractivity contribution in [2.45, 2.75) is 133 Å². The molecule has 1 saturated heterocycles. The number of benzene rings is 4. The van der Waals surface area contributed by atoms with Crippen molar-refractivity contribution >= 4 is 111 Å². The highest BCUT2D eigenvalue weighted by molar-refractivity contribution is 6.03. The van der Waals surface area contributed by atoms with Crippen molar-refractivity contribution < 1.29 is 107 Å². The number of nitrogens with zero attached hydrogens (tertiary/aromatic N) is 4. The lowest BCUT2D eigenvalue weighted by atomic mass is 9.81. The van der Waals surface area contributed by atoms with Crippen molar-refractivity contribution in [2.24, 2.45) is 11.8 Å². The van der Waals surface area contributed by atoms with Crippen LogP contribution in [0.2, 0.25) is 0 Å². The molecule has 36 heteroatoms. The minimum Gasteiger partial charge on any atom is -0.497 e. The normalized spacial score (nSPS) is 16.3. The van der Waals surface area contributed by atoms with E-state index in [1.165, 1.54) is 0 Å². The summed E-state index contributed by atoms with van der Waals surface area (Å²) in [6.45, 7) is -0.595. The summed E-state index contributed by atoms with van der Waals surface area (Å²) in [7, 11) is 1.56. The van der Waals surface area contributed by atoms with Crippen LogP contribution in [0.3, 0.4) is 0 Å². The van der Waals surface area contributed by atoms with Crippen LogP contribution in [0.5, 0.6) is 5.75 Å². The van der Waals surface area contributed by atoms with Gasteiger partial charge in [0.1, 0.15) is 29.9 Å². The summed E-state index contributed by atoms with van der Waals surface area (Å²) in [6, 6.07) is 18.6. The van der Waals surface area contributed by atoms with E-state index in [-0.39, 0.29) is 174 Å². The van der Waals surface area contributed by atoms with Crippen molar-refractivity contribution in [2.75, 3.05) is 125 Å². The van der Waals surface area contributed by atoms with Gasteiger partial charge in [0.25, 0.3) is 0 Å². The van der Waals surface area contributed by atoms with E-state index in [0.717, 1.165) is 32.7 Å². The second-order valence-electron chi connectivity index (χ2n) is 28.3. The summed E-state index contributed by atoms with van der Waals surface area (Å²) in [6.07, 6.45) is 3.56. The van der Waals surface area contributed by atoms with Gasteiger partial charge in [0, 0.05) is 97.2 Å². The number of aliphatic carboxylic acids is 6. The number of carboxylic acids is 6. The molecule has 2 aliphatic rings. The molecule has 1 heterocycles. The quantitative estimate of drug-likeness (QED) is 0.0209. The van der Waals surface area contributed by atoms with Crippen LogP contribution in [0.1, 0.15) is 107 Å². The summed E-state index contributed by atoms with van der Waals surface area (Å²) in [4.78, 5) is 197. The third-order valence-electron chi connectivity index (χ3n) is 19.6. The van der Waals surface area contributed by atoms with Gasteiger partial charge in [-0.2, -0.15) is 0 Å². The maximum absolute atomic E-state index is 14.3. The van der Waals surface area contributed by atoms with Gasteiger partial charge in [0.15, 0.2) is 0 Å². The first-order chi connectivity index (χ1) is 54.1. The first kappa shape index (κ1) is 90.8. The first-order valence-corrected chi connectivity index (χ1v) is 38.1. The second-order valence-corrected chi connectivity index (χ2v) is 28.3. The highest BCUT2D eigenvalue weighted by Gasteiger charge is 2.32. The molecule has 0 aromatic heterocycles. The molecule has 4 aromatic rings. The monoisotopic (exact) mass is 1580 g/mol. The number of rotatable bonds is 46. The van der Waals surface area contributed by atoms with Crippen LogP contribution in [-0.2, 0) is 80.0 Å². The van der Waals surface area contributed by atoms with Gasteiger partial charge < -0.3 is 88.5 Å². The number of carbonyl (C=O) groups excluding carboxylic acids is 9. The molecule has 618 valence electrons. The third-order valence-corrected chi connectivity index (χ3v) is 19.6. The summed E-state index contributed by atoms with van der Waals surface area (Å²) in [5.41, 5.74) is 1.81. The van der Waals surface area contributed by atoms with Gasteiger partial charge in [-0.15, -0.1) is 0 Å². The van der Waals surface area contributed by atoms with Gasteiger partial charge in [0.05, 0.1) is 52.9 Å². The highest BCUT2D eigenvalue weighted by atomic mass is 16.5. The summed E-state index contributed by atoms with van der Waals surface area (Å²) in [5.74, 6) is -11.5. The van der Waals surface area contributed by atoms with Crippen molar-refractivity contribution in [1.82, 2.24) is 72.8 Å². The molecule has 1 aliphatic heterocycles. The zero-order chi connectivity index (χ0) is 82.2. The van der Waals surface area contributed by atoms with E-state index in [0.29, 0.717) is 50.7 Å². The fourth-order valence-corrected chi connectivity index (χ4v) is 13.4. The number of fused-ring (bicyclic) bond motifs is 2.